The van der Waals surface area contributed by atoms with Crippen molar-refractivity contribution in [3.05, 3.63) is 21.3 Å². The molecule has 37 heavy (non-hydrogen) atoms. The van der Waals surface area contributed by atoms with Crippen molar-refractivity contribution in [2.24, 2.45) is 5.10 Å². The molecular formula is C26H33IN2O8. The van der Waals surface area contributed by atoms with E-state index in [4.69, 9.17) is 28.4 Å². The van der Waals surface area contributed by atoms with Gasteiger partial charge >= 0.3 is 0 Å². The highest BCUT2D eigenvalue weighted by Crippen LogP contribution is 2.51. The molecule has 1 amide bonds. The van der Waals surface area contributed by atoms with Crippen LogP contribution in [0.25, 0.3) is 0 Å². The number of fused-ring (bicyclic) bond motifs is 3. The van der Waals surface area contributed by atoms with E-state index in [-0.39, 0.29) is 5.75 Å². The Hall–Kier alpha value is -1.51. The van der Waals surface area contributed by atoms with Crippen LogP contribution in [0.2, 0.25) is 0 Å². The first kappa shape index (κ1) is 25.8. The molecule has 1 aromatic rings. The Labute approximate surface area is 229 Å². The van der Waals surface area contributed by atoms with Crippen molar-refractivity contribution in [2.45, 2.75) is 106 Å². The Kier molecular flexibility index (Phi) is 7.12. The number of phenolic OH excluding ortho intramolecular Hbond substituents is 1. The molecule has 0 aromatic heterocycles. The molecule has 0 radical (unpaired) electrons. The van der Waals surface area contributed by atoms with Crippen LogP contribution < -0.4 is 10.2 Å². The van der Waals surface area contributed by atoms with Crippen LogP contribution in [0.4, 0.5) is 0 Å². The van der Waals surface area contributed by atoms with Gasteiger partial charge in [0.1, 0.15) is 18.3 Å². The number of hydrazone groups is 1. The number of benzene rings is 1. The molecule has 3 saturated heterocycles. The molecule has 2 aliphatic carbocycles. The van der Waals surface area contributed by atoms with Crippen molar-refractivity contribution in [1.82, 2.24) is 5.43 Å². The average molecular weight is 628 g/mol. The van der Waals surface area contributed by atoms with Crippen molar-refractivity contribution in [3.8, 4) is 11.5 Å². The minimum absolute atomic E-state index is 0.0602. The molecule has 2 spiro atoms. The van der Waals surface area contributed by atoms with E-state index < -0.39 is 48.2 Å². The van der Waals surface area contributed by atoms with Gasteiger partial charge in [-0.15, -0.1) is 0 Å². The summed E-state index contributed by atoms with van der Waals surface area (Å²) in [5.41, 5.74) is 3.26. The molecular weight excluding hydrogens is 595 g/mol. The standard InChI is InChI=1S/C26H33IN2O8/c1-32-17-13-15(12-16(27)18(17)30)14-28-29-23(31)21-19-20(35-25(34-19)8-4-2-5-9-25)22-24(33-21)37-26(36-22)10-6-3-7-11-26/h12-14,19-22,24,30H,2-11H2,1H3,(H,29,31). The Morgan fingerprint density at radius 2 is 1.62 bits per heavy atom. The van der Waals surface area contributed by atoms with E-state index in [0.29, 0.717) is 14.9 Å². The predicted octanol–water partition coefficient (Wildman–Crippen LogP) is 3.70. The fourth-order valence-electron chi connectivity index (χ4n) is 6.23. The number of methoxy groups -OCH3 is 1. The first-order valence-electron chi connectivity index (χ1n) is 13.2. The van der Waals surface area contributed by atoms with Gasteiger partial charge in [0, 0.05) is 25.7 Å². The Balaban J connectivity index is 1.21. The van der Waals surface area contributed by atoms with E-state index in [0.717, 1.165) is 64.2 Å². The zero-order valence-corrected chi connectivity index (χ0v) is 23.0. The number of phenols is 1. The van der Waals surface area contributed by atoms with Gasteiger partial charge in [0.2, 0.25) is 0 Å². The number of ether oxygens (including phenoxy) is 6. The summed E-state index contributed by atoms with van der Waals surface area (Å²) in [6.07, 6.45) is 7.93. The molecule has 5 aliphatic rings. The first-order chi connectivity index (χ1) is 17.9. The second-order valence-corrected chi connectivity index (χ2v) is 11.7. The van der Waals surface area contributed by atoms with Crippen LogP contribution in [0.15, 0.2) is 17.2 Å². The summed E-state index contributed by atoms with van der Waals surface area (Å²) in [6.45, 7) is 0. The molecule has 5 atom stereocenters. The molecule has 3 aliphatic heterocycles. The number of carbonyl (C=O) groups is 1. The highest BCUT2D eigenvalue weighted by molar-refractivity contribution is 14.1. The number of aromatic hydroxyl groups is 1. The van der Waals surface area contributed by atoms with E-state index in [1.807, 2.05) is 22.6 Å². The fourth-order valence-corrected chi connectivity index (χ4v) is 6.85. The number of rotatable bonds is 4. The summed E-state index contributed by atoms with van der Waals surface area (Å²) < 4.78 is 38.0. The molecule has 0 bridgehead atoms. The second-order valence-electron chi connectivity index (χ2n) is 10.5. The quantitative estimate of drug-likeness (QED) is 0.295. The average Bonchev–Trinajstić information content (AvgIpc) is 3.44. The smallest absolute Gasteiger partial charge is 0.272 e. The maximum atomic E-state index is 13.4. The van der Waals surface area contributed by atoms with Gasteiger partial charge in [0.05, 0.1) is 16.9 Å². The predicted molar refractivity (Wildman–Crippen MR) is 139 cm³/mol. The van der Waals surface area contributed by atoms with Gasteiger partial charge in [0.15, 0.2) is 35.5 Å². The van der Waals surface area contributed by atoms with Crippen LogP contribution in [0.5, 0.6) is 11.5 Å². The molecule has 6 rings (SSSR count). The maximum absolute atomic E-state index is 13.4. The van der Waals surface area contributed by atoms with Crippen molar-refractivity contribution >= 4 is 34.7 Å². The van der Waals surface area contributed by atoms with Gasteiger partial charge in [-0.2, -0.15) is 5.10 Å². The highest BCUT2D eigenvalue weighted by atomic mass is 127. The van der Waals surface area contributed by atoms with Crippen molar-refractivity contribution < 1.29 is 38.3 Å². The lowest BCUT2D eigenvalue weighted by molar-refractivity contribution is -0.247. The third kappa shape index (κ3) is 4.87. The molecule has 2 N–H and O–H groups in total. The largest absolute Gasteiger partial charge is 0.504 e. The molecule has 11 heteroatoms. The fraction of sp³-hybridized carbons (Fsp3) is 0.692. The molecule has 1 aromatic carbocycles. The van der Waals surface area contributed by atoms with Crippen LogP contribution >= 0.6 is 22.6 Å². The van der Waals surface area contributed by atoms with Crippen molar-refractivity contribution in [1.29, 1.82) is 0 Å². The van der Waals surface area contributed by atoms with Gasteiger partial charge in [-0.05, 0) is 66.0 Å². The summed E-state index contributed by atoms with van der Waals surface area (Å²) in [6, 6.07) is 3.37. The summed E-state index contributed by atoms with van der Waals surface area (Å²) in [5.74, 6) is -1.44. The van der Waals surface area contributed by atoms with E-state index in [1.54, 1.807) is 12.1 Å². The van der Waals surface area contributed by atoms with E-state index in [1.165, 1.54) is 13.3 Å². The number of hydrogen-bond acceptors (Lipinski definition) is 9. The summed E-state index contributed by atoms with van der Waals surface area (Å²) in [7, 11) is 1.48. The number of nitrogens with zero attached hydrogens (tertiary/aromatic N) is 1. The minimum Gasteiger partial charge on any atom is -0.504 e. The Bertz CT molecular complexity index is 1060. The third-order valence-electron chi connectivity index (χ3n) is 8.03. The summed E-state index contributed by atoms with van der Waals surface area (Å²) in [4.78, 5) is 13.4. The van der Waals surface area contributed by atoms with Crippen molar-refractivity contribution in [3.63, 3.8) is 0 Å². The third-order valence-corrected chi connectivity index (χ3v) is 8.85. The molecule has 5 unspecified atom stereocenters. The lowest BCUT2D eigenvalue weighted by Crippen LogP contribution is -2.59. The molecule has 5 fully saturated rings. The van der Waals surface area contributed by atoms with E-state index in [2.05, 4.69) is 10.5 Å². The molecule has 2 saturated carbocycles. The Morgan fingerprint density at radius 3 is 2.30 bits per heavy atom. The van der Waals surface area contributed by atoms with Gasteiger partial charge in [-0.1, -0.05) is 12.8 Å². The number of halogens is 1. The Morgan fingerprint density at radius 1 is 1.00 bits per heavy atom. The zero-order valence-electron chi connectivity index (χ0n) is 20.8. The highest BCUT2D eigenvalue weighted by Gasteiger charge is 2.65. The minimum atomic E-state index is -0.957. The number of carbonyl (C=O) groups excluding carboxylic acids is 1. The SMILES string of the molecule is COc1cc(C=NNC(=O)C2OC3OC4(CCCCC4)OC3C3OC4(CCCCC4)OC23)cc(I)c1O. The van der Waals surface area contributed by atoms with Gasteiger partial charge < -0.3 is 33.5 Å². The molecule has 202 valence electrons. The van der Waals surface area contributed by atoms with E-state index >= 15 is 0 Å². The van der Waals surface area contributed by atoms with Crippen LogP contribution in [0.3, 0.4) is 0 Å². The van der Waals surface area contributed by atoms with Crippen LogP contribution in [-0.4, -0.2) is 66.6 Å². The summed E-state index contributed by atoms with van der Waals surface area (Å²) in [5, 5.41) is 14.2. The molecule has 3 heterocycles. The lowest BCUT2D eigenvalue weighted by atomic mass is 9.94. The monoisotopic (exact) mass is 628 g/mol. The zero-order chi connectivity index (χ0) is 25.6. The maximum Gasteiger partial charge on any atom is 0.272 e. The normalized spacial score (nSPS) is 33.9. The topological polar surface area (TPSA) is 117 Å². The lowest BCUT2D eigenvalue weighted by Gasteiger charge is -2.36. The van der Waals surface area contributed by atoms with Crippen LogP contribution in [-0.2, 0) is 28.5 Å². The first-order valence-corrected chi connectivity index (χ1v) is 14.2. The van der Waals surface area contributed by atoms with Crippen molar-refractivity contribution in [2.75, 3.05) is 7.11 Å². The van der Waals surface area contributed by atoms with Gasteiger partial charge in [0.25, 0.3) is 5.91 Å². The van der Waals surface area contributed by atoms with E-state index in [9.17, 15) is 9.90 Å². The summed E-state index contributed by atoms with van der Waals surface area (Å²) >= 11 is 2.01. The molecule has 10 nitrogen and oxygen atoms in total. The van der Waals surface area contributed by atoms with Crippen LogP contribution in [0, 0.1) is 3.57 Å². The van der Waals surface area contributed by atoms with Gasteiger partial charge in [-0.25, -0.2) is 5.43 Å². The van der Waals surface area contributed by atoms with Crippen LogP contribution in [0.1, 0.15) is 69.8 Å². The number of nitrogens with one attached hydrogen (secondary N) is 1. The second kappa shape index (κ2) is 10.2. The number of amides is 1. The number of hydrogen-bond donors (Lipinski definition) is 2. The van der Waals surface area contributed by atoms with Gasteiger partial charge in [-0.3, -0.25) is 4.79 Å².